The van der Waals surface area contributed by atoms with E-state index in [4.69, 9.17) is 17.3 Å². The number of benzene rings is 1. The van der Waals surface area contributed by atoms with E-state index in [0.717, 1.165) is 17.1 Å². The second-order valence-corrected chi connectivity index (χ2v) is 4.79. The summed E-state index contributed by atoms with van der Waals surface area (Å²) < 4.78 is 1.89. The van der Waals surface area contributed by atoms with Gasteiger partial charge in [0.05, 0.1) is 17.1 Å². The average molecular weight is 265 g/mol. The second kappa shape index (κ2) is 4.90. The maximum Gasteiger partial charge on any atom is 0.0646 e. The summed E-state index contributed by atoms with van der Waals surface area (Å²) in [5.74, 6) is 0. The van der Waals surface area contributed by atoms with E-state index in [9.17, 15) is 0 Å². The van der Waals surface area contributed by atoms with Crippen molar-refractivity contribution in [1.29, 1.82) is 0 Å². The Kier molecular flexibility index (Phi) is 3.48. The number of hydrogen-bond donors (Lipinski definition) is 2. The van der Waals surface area contributed by atoms with Crippen LogP contribution >= 0.6 is 11.6 Å². The first-order valence-electron chi connectivity index (χ1n) is 5.77. The molecule has 1 heterocycles. The van der Waals surface area contributed by atoms with Gasteiger partial charge in [0.25, 0.3) is 0 Å². The van der Waals surface area contributed by atoms with E-state index in [0.29, 0.717) is 17.3 Å². The number of nitrogens with two attached hydrogens (primary N) is 1. The van der Waals surface area contributed by atoms with Crippen LogP contribution in [0.1, 0.15) is 17.0 Å². The van der Waals surface area contributed by atoms with E-state index in [1.54, 1.807) is 6.07 Å². The van der Waals surface area contributed by atoms with Crippen LogP contribution in [-0.2, 0) is 13.6 Å². The Labute approximate surface area is 112 Å². The lowest BCUT2D eigenvalue weighted by molar-refractivity contribution is 0.730. The third kappa shape index (κ3) is 2.43. The lowest BCUT2D eigenvalue weighted by atomic mass is 10.2. The minimum Gasteiger partial charge on any atom is -0.397 e. The van der Waals surface area contributed by atoms with Crippen molar-refractivity contribution < 1.29 is 0 Å². The Balaban J connectivity index is 2.16. The molecule has 0 atom stereocenters. The van der Waals surface area contributed by atoms with Crippen molar-refractivity contribution in [2.24, 2.45) is 7.05 Å². The van der Waals surface area contributed by atoms with E-state index < -0.39 is 0 Å². The lowest BCUT2D eigenvalue weighted by Gasteiger charge is -2.10. The predicted octanol–water partition coefficient (Wildman–Crippen LogP) is 2.88. The van der Waals surface area contributed by atoms with Crippen LogP contribution in [-0.4, -0.2) is 9.78 Å². The highest BCUT2D eigenvalue weighted by atomic mass is 35.5. The number of aryl methyl sites for hydroxylation is 2. The Morgan fingerprint density at radius 3 is 2.67 bits per heavy atom. The fraction of sp³-hybridized carbons (Fsp3) is 0.308. The highest BCUT2D eigenvalue weighted by molar-refractivity contribution is 6.31. The monoisotopic (exact) mass is 264 g/mol. The van der Waals surface area contributed by atoms with Gasteiger partial charge in [-0.25, -0.2) is 0 Å². The van der Waals surface area contributed by atoms with Crippen molar-refractivity contribution in [3.8, 4) is 0 Å². The number of nitrogen functional groups attached to an aromatic ring is 1. The molecule has 0 aliphatic rings. The molecule has 0 aliphatic heterocycles. The van der Waals surface area contributed by atoms with Gasteiger partial charge in [-0.2, -0.15) is 5.10 Å². The average Bonchev–Trinajstić information content (AvgIpc) is 2.53. The summed E-state index contributed by atoms with van der Waals surface area (Å²) in [6.07, 6.45) is 0. The zero-order chi connectivity index (χ0) is 13.3. The van der Waals surface area contributed by atoms with E-state index in [2.05, 4.69) is 17.3 Å². The topological polar surface area (TPSA) is 55.9 Å². The van der Waals surface area contributed by atoms with E-state index in [1.807, 2.05) is 30.8 Å². The van der Waals surface area contributed by atoms with Crippen molar-refractivity contribution in [1.82, 2.24) is 9.78 Å². The summed E-state index contributed by atoms with van der Waals surface area (Å²) in [4.78, 5) is 0. The summed E-state index contributed by atoms with van der Waals surface area (Å²) in [6, 6.07) is 5.45. The molecule has 2 aromatic rings. The van der Waals surface area contributed by atoms with Crippen molar-refractivity contribution in [3.05, 3.63) is 40.2 Å². The van der Waals surface area contributed by atoms with Crippen molar-refractivity contribution in [3.63, 3.8) is 0 Å². The number of rotatable bonds is 3. The summed E-state index contributed by atoms with van der Waals surface area (Å²) in [6.45, 7) is 4.77. The quantitative estimate of drug-likeness (QED) is 0.838. The third-order valence-corrected chi connectivity index (χ3v) is 3.36. The molecule has 0 radical (unpaired) electrons. The zero-order valence-electron chi connectivity index (χ0n) is 10.8. The SMILES string of the molecule is Cc1nn(C)c(C)c1CNc1ccc(Cl)cc1N. The molecule has 0 fully saturated rings. The molecule has 2 rings (SSSR count). The first-order chi connectivity index (χ1) is 8.49. The summed E-state index contributed by atoms with van der Waals surface area (Å²) in [5, 5.41) is 8.34. The van der Waals surface area contributed by atoms with Crippen LogP contribution in [0.5, 0.6) is 0 Å². The Morgan fingerprint density at radius 1 is 1.39 bits per heavy atom. The first-order valence-corrected chi connectivity index (χ1v) is 6.15. The van der Waals surface area contributed by atoms with Gasteiger partial charge < -0.3 is 11.1 Å². The molecule has 0 bridgehead atoms. The fourth-order valence-corrected chi connectivity index (χ4v) is 2.13. The number of aromatic nitrogens is 2. The maximum atomic E-state index is 5.90. The van der Waals surface area contributed by atoms with Crippen LogP contribution in [0.2, 0.25) is 5.02 Å². The molecule has 18 heavy (non-hydrogen) atoms. The van der Waals surface area contributed by atoms with E-state index in [1.165, 1.54) is 5.56 Å². The second-order valence-electron chi connectivity index (χ2n) is 4.36. The van der Waals surface area contributed by atoms with Crippen molar-refractivity contribution in [2.75, 3.05) is 11.1 Å². The van der Waals surface area contributed by atoms with E-state index >= 15 is 0 Å². The number of hydrogen-bond acceptors (Lipinski definition) is 3. The Bertz CT molecular complexity index is 575. The molecule has 0 saturated carbocycles. The van der Waals surface area contributed by atoms with Gasteiger partial charge in [0, 0.05) is 29.9 Å². The molecule has 0 saturated heterocycles. The third-order valence-electron chi connectivity index (χ3n) is 3.13. The summed E-state index contributed by atoms with van der Waals surface area (Å²) in [7, 11) is 1.95. The van der Waals surface area contributed by atoms with Gasteiger partial charge in [-0.05, 0) is 32.0 Å². The largest absolute Gasteiger partial charge is 0.397 e. The van der Waals surface area contributed by atoms with Gasteiger partial charge in [-0.3, -0.25) is 4.68 Å². The lowest BCUT2D eigenvalue weighted by Crippen LogP contribution is -2.04. The van der Waals surface area contributed by atoms with Gasteiger partial charge in [0.15, 0.2) is 0 Å². The van der Waals surface area contributed by atoms with Gasteiger partial charge >= 0.3 is 0 Å². The molecule has 1 aromatic carbocycles. The predicted molar refractivity (Wildman–Crippen MR) is 75.9 cm³/mol. The van der Waals surface area contributed by atoms with Gasteiger partial charge in [-0.15, -0.1) is 0 Å². The van der Waals surface area contributed by atoms with E-state index in [-0.39, 0.29) is 0 Å². The first kappa shape index (κ1) is 12.8. The van der Waals surface area contributed by atoms with Crippen LogP contribution < -0.4 is 11.1 Å². The van der Waals surface area contributed by atoms with Crippen LogP contribution in [0, 0.1) is 13.8 Å². The molecule has 0 unspecified atom stereocenters. The molecular weight excluding hydrogens is 248 g/mol. The molecule has 3 N–H and O–H groups in total. The fourth-order valence-electron chi connectivity index (χ4n) is 1.95. The smallest absolute Gasteiger partial charge is 0.0646 e. The molecule has 4 nitrogen and oxygen atoms in total. The Morgan fingerprint density at radius 2 is 2.11 bits per heavy atom. The summed E-state index contributed by atoms with van der Waals surface area (Å²) in [5.41, 5.74) is 10.8. The van der Waals surface area contributed by atoms with Gasteiger partial charge in [-0.1, -0.05) is 11.6 Å². The molecule has 5 heteroatoms. The normalized spacial score (nSPS) is 10.7. The van der Waals surface area contributed by atoms with Crippen LogP contribution in [0.3, 0.4) is 0 Å². The minimum absolute atomic E-state index is 0.645. The molecule has 96 valence electrons. The number of halogens is 1. The molecule has 0 aliphatic carbocycles. The number of anilines is 2. The van der Waals surface area contributed by atoms with Crippen LogP contribution in [0.25, 0.3) is 0 Å². The number of nitrogens with zero attached hydrogens (tertiary/aromatic N) is 2. The molecule has 0 amide bonds. The Hall–Kier alpha value is -1.68. The zero-order valence-corrected chi connectivity index (χ0v) is 11.5. The standard InChI is InChI=1S/C13H17ClN4/c1-8-11(9(2)18(3)17-8)7-16-13-5-4-10(14)6-12(13)15/h4-6,16H,7,15H2,1-3H3. The van der Waals surface area contributed by atoms with Crippen molar-refractivity contribution in [2.45, 2.75) is 20.4 Å². The molecular formula is C13H17ClN4. The maximum absolute atomic E-state index is 5.90. The highest BCUT2D eigenvalue weighted by Gasteiger charge is 2.09. The van der Waals surface area contributed by atoms with Gasteiger partial charge in [0.2, 0.25) is 0 Å². The summed E-state index contributed by atoms with van der Waals surface area (Å²) >= 11 is 5.87. The van der Waals surface area contributed by atoms with Gasteiger partial charge in [0.1, 0.15) is 0 Å². The number of nitrogens with one attached hydrogen (secondary N) is 1. The minimum atomic E-state index is 0.645. The van der Waals surface area contributed by atoms with Crippen LogP contribution in [0.15, 0.2) is 18.2 Å². The van der Waals surface area contributed by atoms with Crippen LogP contribution in [0.4, 0.5) is 11.4 Å². The molecule has 1 aromatic heterocycles. The highest BCUT2D eigenvalue weighted by Crippen LogP contribution is 2.24. The van der Waals surface area contributed by atoms with Crippen molar-refractivity contribution >= 4 is 23.0 Å². The molecule has 0 spiro atoms.